The van der Waals surface area contributed by atoms with Crippen molar-refractivity contribution in [3.63, 3.8) is 0 Å². The number of nitrogens with one attached hydrogen (secondary N) is 2. The number of hydrogen-bond donors (Lipinski definition) is 2. The van der Waals surface area contributed by atoms with Crippen LogP contribution < -0.4 is 5.32 Å². The molecule has 0 bridgehead atoms. The number of fused-ring (bicyclic) bond motifs is 1. The van der Waals surface area contributed by atoms with Gasteiger partial charge in [0.1, 0.15) is 0 Å². The largest absolute Gasteiger partial charge is 0.361 e. The number of nitrogens with zero attached hydrogens (tertiary/aromatic N) is 1. The summed E-state index contributed by atoms with van der Waals surface area (Å²) in [5, 5.41) is 4.31. The molecule has 1 fully saturated rings. The molecule has 1 aromatic heterocycles. The van der Waals surface area contributed by atoms with E-state index in [4.69, 9.17) is 0 Å². The fraction of sp³-hybridized carbons (Fsp3) is 0.550. The van der Waals surface area contributed by atoms with Gasteiger partial charge in [-0.15, -0.1) is 0 Å². The highest BCUT2D eigenvalue weighted by Crippen LogP contribution is 2.24. The van der Waals surface area contributed by atoms with Gasteiger partial charge in [0.15, 0.2) is 0 Å². The molecule has 0 radical (unpaired) electrons. The lowest BCUT2D eigenvalue weighted by Crippen LogP contribution is -2.38. The van der Waals surface area contributed by atoms with Crippen molar-refractivity contribution in [1.29, 1.82) is 0 Å². The van der Waals surface area contributed by atoms with Crippen LogP contribution in [0.15, 0.2) is 30.5 Å². The molecule has 24 heavy (non-hydrogen) atoms. The Balaban J connectivity index is 1.39. The van der Waals surface area contributed by atoms with Crippen molar-refractivity contribution in [2.24, 2.45) is 5.92 Å². The van der Waals surface area contributed by atoms with Crippen molar-refractivity contribution in [3.05, 3.63) is 36.0 Å². The Morgan fingerprint density at radius 3 is 2.88 bits per heavy atom. The zero-order chi connectivity index (χ0) is 16.8. The second kappa shape index (κ2) is 8.34. The molecule has 1 amide bonds. The summed E-state index contributed by atoms with van der Waals surface area (Å²) in [6, 6.07) is 8.30. The van der Waals surface area contributed by atoms with E-state index in [-0.39, 0.29) is 5.91 Å². The molecule has 0 spiro atoms. The molecule has 2 aromatic rings. The predicted octanol–water partition coefficient (Wildman–Crippen LogP) is 3.34. The van der Waals surface area contributed by atoms with E-state index in [1.54, 1.807) is 0 Å². The molecule has 130 valence electrons. The highest BCUT2D eigenvalue weighted by atomic mass is 16.2. The summed E-state index contributed by atoms with van der Waals surface area (Å²) in [6.07, 6.45) is 9.66. The predicted molar refractivity (Wildman–Crippen MR) is 99.1 cm³/mol. The van der Waals surface area contributed by atoms with Gasteiger partial charge in [0.05, 0.1) is 6.54 Å². The van der Waals surface area contributed by atoms with Crippen LogP contribution in [0.3, 0.4) is 0 Å². The molecule has 1 heterocycles. The Labute approximate surface area is 144 Å². The minimum atomic E-state index is 0.133. The van der Waals surface area contributed by atoms with E-state index in [1.807, 2.05) is 12.3 Å². The number of rotatable bonds is 7. The van der Waals surface area contributed by atoms with E-state index in [2.05, 4.69) is 40.4 Å². The Morgan fingerprint density at radius 1 is 1.25 bits per heavy atom. The SMILES string of the molecule is CN(CC(=O)NCCc1c[nH]c2ccccc12)CC1CCCCC1. The lowest BCUT2D eigenvalue weighted by atomic mass is 9.89. The Hall–Kier alpha value is -1.81. The van der Waals surface area contributed by atoms with Crippen molar-refractivity contribution in [3.8, 4) is 0 Å². The van der Waals surface area contributed by atoms with Crippen LogP contribution in [-0.4, -0.2) is 42.5 Å². The topological polar surface area (TPSA) is 48.1 Å². The smallest absolute Gasteiger partial charge is 0.234 e. The number of hydrogen-bond acceptors (Lipinski definition) is 2. The van der Waals surface area contributed by atoms with Gasteiger partial charge in [-0.25, -0.2) is 0 Å². The van der Waals surface area contributed by atoms with Crippen LogP contribution in [-0.2, 0) is 11.2 Å². The summed E-state index contributed by atoms with van der Waals surface area (Å²) in [5.41, 5.74) is 2.42. The number of aromatic amines is 1. The van der Waals surface area contributed by atoms with Gasteiger partial charge in [0, 0.05) is 30.2 Å². The molecule has 1 aliphatic rings. The lowest BCUT2D eigenvalue weighted by Gasteiger charge is -2.26. The van der Waals surface area contributed by atoms with Crippen molar-refractivity contribution >= 4 is 16.8 Å². The van der Waals surface area contributed by atoms with Crippen molar-refractivity contribution < 1.29 is 4.79 Å². The summed E-state index contributed by atoms with van der Waals surface area (Å²) in [5.74, 6) is 0.913. The molecule has 4 heteroatoms. The number of carbonyl (C=O) groups is 1. The molecule has 0 atom stereocenters. The minimum Gasteiger partial charge on any atom is -0.361 e. The monoisotopic (exact) mass is 327 g/mol. The summed E-state index contributed by atoms with van der Waals surface area (Å²) in [7, 11) is 2.06. The highest BCUT2D eigenvalue weighted by Gasteiger charge is 2.16. The first kappa shape index (κ1) is 17.0. The van der Waals surface area contributed by atoms with Crippen molar-refractivity contribution in [2.45, 2.75) is 38.5 Å². The summed E-state index contributed by atoms with van der Waals surface area (Å²) in [4.78, 5) is 17.6. The zero-order valence-electron chi connectivity index (χ0n) is 14.7. The number of para-hydroxylation sites is 1. The molecule has 3 rings (SSSR count). The molecular weight excluding hydrogens is 298 g/mol. The maximum atomic E-state index is 12.1. The number of likely N-dealkylation sites (N-methyl/N-ethyl adjacent to an activating group) is 1. The second-order valence-electron chi connectivity index (χ2n) is 7.16. The zero-order valence-corrected chi connectivity index (χ0v) is 14.7. The van der Waals surface area contributed by atoms with Crippen LogP contribution in [0.25, 0.3) is 10.9 Å². The van der Waals surface area contributed by atoms with E-state index in [0.29, 0.717) is 13.1 Å². The van der Waals surface area contributed by atoms with Gasteiger partial charge in [0.25, 0.3) is 0 Å². The second-order valence-corrected chi connectivity index (χ2v) is 7.16. The third-order valence-corrected chi connectivity index (χ3v) is 5.10. The van der Waals surface area contributed by atoms with Crippen molar-refractivity contribution in [1.82, 2.24) is 15.2 Å². The first-order valence-electron chi connectivity index (χ1n) is 9.22. The van der Waals surface area contributed by atoms with Gasteiger partial charge >= 0.3 is 0 Å². The fourth-order valence-electron chi connectivity index (χ4n) is 3.85. The fourth-order valence-corrected chi connectivity index (χ4v) is 3.85. The van der Waals surface area contributed by atoms with Gasteiger partial charge in [-0.1, -0.05) is 37.5 Å². The van der Waals surface area contributed by atoms with Crippen molar-refractivity contribution in [2.75, 3.05) is 26.7 Å². The quantitative estimate of drug-likeness (QED) is 0.819. The minimum absolute atomic E-state index is 0.133. The highest BCUT2D eigenvalue weighted by molar-refractivity contribution is 5.83. The van der Waals surface area contributed by atoms with E-state index in [1.165, 1.54) is 43.1 Å². The van der Waals surface area contributed by atoms with Crippen LogP contribution in [0.5, 0.6) is 0 Å². The van der Waals surface area contributed by atoms with Gasteiger partial charge in [-0.05, 0) is 43.9 Å². The molecule has 1 aliphatic carbocycles. The summed E-state index contributed by atoms with van der Waals surface area (Å²) in [6.45, 7) is 2.25. The Kier molecular flexibility index (Phi) is 5.91. The number of aromatic nitrogens is 1. The summed E-state index contributed by atoms with van der Waals surface area (Å²) < 4.78 is 0. The van der Waals surface area contributed by atoms with E-state index >= 15 is 0 Å². The van der Waals surface area contributed by atoms with E-state index < -0.39 is 0 Å². The normalized spacial score (nSPS) is 15.9. The molecular formula is C20H29N3O. The van der Waals surface area contributed by atoms with Crippen LogP contribution in [0.2, 0.25) is 0 Å². The molecule has 0 saturated heterocycles. The Bertz CT molecular complexity index is 658. The van der Waals surface area contributed by atoms with Crippen LogP contribution in [0, 0.1) is 5.92 Å². The average Bonchev–Trinajstić information content (AvgIpc) is 2.99. The lowest BCUT2D eigenvalue weighted by molar-refractivity contribution is -0.122. The Morgan fingerprint density at radius 2 is 2.04 bits per heavy atom. The first-order chi connectivity index (χ1) is 11.7. The van der Waals surface area contributed by atoms with E-state index in [0.717, 1.165) is 24.4 Å². The van der Waals surface area contributed by atoms with Crippen LogP contribution in [0.1, 0.15) is 37.7 Å². The van der Waals surface area contributed by atoms with Crippen LogP contribution >= 0.6 is 0 Å². The molecule has 1 aromatic carbocycles. The summed E-state index contributed by atoms with van der Waals surface area (Å²) >= 11 is 0. The third-order valence-electron chi connectivity index (χ3n) is 5.10. The number of amides is 1. The van der Waals surface area contributed by atoms with Gasteiger partial charge in [-0.2, -0.15) is 0 Å². The molecule has 2 N–H and O–H groups in total. The standard InChI is InChI=1S/C20H29N3O/c1-23(14-16-7-3-2-4-8-16)15-20(24)21-12-11-17-13-22-19-10-6-5-9-18(17)19/h5-6,9-10,13,16,22H,2-4,7-8,11-12,14-15H2,1H3,(H,21,24). The number of carbonyl (C=O) groups excluding carboxylic acids is 1. The van der Waals surface area contributed by atoms with E-state index in [9.17, 15) is 4.79 Å². The van der Waals surface area contributed by atoms with Gasteiger partial charge in [0.2, 0.25) is 5.91 Å². The molecule has 1 saturated carbocycles. The first-order valence-corrected chi connectivity index (χ1v) is 9.22. The number of benzene rings is 1. The van der Waals surface area contributed by atoms with Crippen LogP contribution in [0.4, 0.5) is 0 Å². The van der Waals surface area contributed by atoms with Gasteiger partial charge < -0.3 is 10.3 Å². The maximum Gasteiger partial charge on any atom is 0.234 e. The van der Waals surface area contributed by atoms with Gasteiger partial charge in [-0.3, -0.25) is 9.69 Å². The third kappa shape index (κ3) is 4.60. The average molecular weight is 327 g/mol. The molecule has 4 nitrogen and oxygen atoms in total. The molecule has 0 aliphatic heterocycles. The maximum absolute atomic E-state index is 12.1. The number of H-pyrrole nitrogens is 1. The molecule has 0 unspecified atom stereocenters.